The number of hydrogen-bond acceptors (Lipinski definition) is 6. The molecule has 0 saturated carbocycles. The van der Waals surface area contributed by atoms with Gasteiger partial charge in [-0.15, -0.1) is 0 Å². The number of anilines is 1. The van der Waals surface area contributed by atoms with E-state index in [-0.39, 0.29) is 19.1 Å². The SMILES string of the molecule is CCOc1ccc(N2C(=S)N(C)C(=O)/C2=C/c2cc(OCC)c(OCCO)cc2Br)cc1. The molecule has 1 saturated heterocycles. The van der Waals surface area contributed by atoms with Crippen LogP contribution in [0.1, 0.15) is 19.4 Å². The Morgan fingerprint density at radius 3 is 2.34 bits per heavy atom. The highest BCUT2D eigenvalue weighted by Gasteiger charge is 2.36. The minimum Gasteiger partial charge on any atom is -0.494 e. The minimum atomic E-state index is -0.214. The number of ether oxygens (including phenoxy) is 3. The quantitative estimate of drug-likeness (QED) is 0.392. The van der Waals surface area contributed by atoms with Crippen molar-refractivity contribution in [3.63, 3.8) is 0 Å². The van der Waals surface area contributed by atoms with Gasteiger partial charge in [0.25, 0.3) is 5.91 Å². The van der Waals surface area contributed by atoms with Crippen molar-refractivity contribution in [2.45, 2.75) is 13.8 Å². The Labute approximate surface area is 201 Å². The molecule has 0 bridgehead atoms. The molecule has 0 atom stereocenters. The lowest BCUT2D eigenvalue weighted by Crippen LogP contribution is -2.29. The highest BCUT2D eigenvalue weighted by Crippen LogP contribution is 2.37. The molecule has 9 heteroatoms. The Kier molecular flexibility index (Phi) is 8.11. The molecule has 1 aliphatic rings. The normalized spacial score (nSPS) is 15.0. The first-order valence-corrected chi connectivity index (χ1v) is 11.4. The Morgan fingerprint density at radius 1 is 1.06 bits per heavy atom. The van der Waals surface area contributed by atoms with Gasteiger partial charge in [-0.25, -0.2) is 0 Å². The smallest absolute Gasteiger partial charge is 0.276 e. The molecule has 2 aromatic carbocycles. The fourth-order valence-electron chi connectivity index (χ4n) is 3.19. The maximum atomic E-state index is 13.0. The number of carbonyl (C=O) groups excluding carboxylic acids is 1. The summed E-state index contributed by atoms with van der Waals surface area (Å²) < 4.78 is 17.5. The van der Waals surface area contributed by atoms with Crippen LogP contribution in [0.5, 0.6) is 17.2 Å². The number of aliphatic hydroxyl groups is 1. The van der Waals surface area contributed by atoms with Crippen LogP contribution >= 0.6 is 28.1 Å². The lowest BCUT2D eigenvalue weighted by Gasteiger charge is -2.19. The van der Waals surface area contributed by atoms with Gasteiger partial charge in [-0.1, -0.05) is 15.9 Å². The van der Waals surface area contributed by atoms with Crippen molar-refractivity contribution < 1.29 is 24.1 Å². The van der Waals surface area contributed by atoms with E-state index in [1.807, 2.05) is 38.1 Å². The van der Waals surface area contributed by atoms with Gasteiger partial charge in [-0.05, 0) is 74.1 Å². The molecule has 1 heterocycles. The number of rotatable bonds is 9. The van der Waals surface area contributed by atoms with Gasteiger partial charge in [0, 0.05) is 17.2 Å². The van der Waals surface area contributed by atoms with Gasteiger partial charge in [-0.3, -0.25) is 14.6 Å². The summed E-state index contributed by atoms with van der Waals surface area (Å²) in [6, 6.07) is 11.0. The van der Waals surface area contributed by atoms with E-state index in [9.17, 15) is 4.79 Å². The van der Waals surface area contributed by atoms with Crippen molar-refractivity contribution in [3.05, 3.63) is 52.1 Å². The molecule has 7 nitrogen and oxygen atoms in total. The lowest BCUT2D eigenvalue weighted by atomic mass is 10.1. The fraction of sp³-hybridized carbons (Fsp3) is 0.304. The van der Waals surface area contributed by atoms with Gasteiger partial charge in [0.15, 0.2) is 16.6 Å². The number of amides is 1. The van der Waals surface area contributed by atoms with Crippen molar-refractivity contribution in [3.8, 4) is 17.2 Å². The van der Waals surface area contributed by atoms with Crippen LogP contribution in [0, 0.1) is 0 Å². The van der Waals surface area contributed by atoms with E-state index >= 15 is 0 Å². The summed E-state index contributed by atoms with van der Waals surface area (Å²) in [7, 11) is 1.65. The van der Waals surface area contributed by atoms with Crippen LogP contribution in [0.25, 0.3) is 6.08 Å². The van der Waals surface area contributed by atoms with Crippen LogP contribution in [0.2, 0.25) is 0 Å². The lowest BCUT2D eigenvalue weighted by molar-refractivity contribution is -0.121. The van der Waals surface area contributed by atoms with Gasteiger partial charge in [0.2, 0.25) is 0 Å². The minimum absolute atomic E-state index is 0.107. The molecule has 2 aromatic rings. The number of halogens is 1. The molecule has 0 aliphatic carbocycles. The molecular formula is C23H25BrN2O5S. The predicted molar refractivity (Wildman–Crippen MR) is 131 cm³/mol. The molecular weight excluding hydrogens is 496 g/mol. The number of likely N-dealkylation sites (N-methyl/N-ethyl adjacent to an activating group) is 1. The molecule has 1 N–H and O–H groups in total. The number of nitrogens with zero attached hydrogens (tertiary/aromatic N) is 2. The predicted octanol–water partition coefficient (Wildman–Crippen LogP) is 4.22. The monoisotopic (exact) mass is 520 g/mol. The fourth-order valence-corrected chi connectivity index (χ4v) is 3.91. The molecule has 1 amide bonds. The zero-order valence-corrected chi connectivity index (χ0v) is 20.5. The van der Waals surface area contributed by atoms with Crippen LogP contribution in [-0.4, -0.2) is 54.5 Å². The summed E-state index contributed by atoms with van der Waals surface area (Å²) in [6.07, 6.45) is 1.76. The second-order valence-corrected chi connectivity index (χ2v) is 7.98. The Balaban J connectivity index is 2.04. The molecule has 3 rings (SSSR count). The second kappa shape index (κ2) is 10.8. The first kappa shape index (κ1) is 24.0. The highest BCUT2D eigenvalue weighted by atomic mass is 79.9. The molecule has 0 spiro atoms. The molecule has 0 aromatic heterocycles. The third-order valence-electron chi connectivity index (χ3n) is 4.65. The van der Waals surface area contributed by atoms with E-state index in [0.717, 1.165) is 17.0 Å². The summed E-state index contributed by atoms with van der Waals surface area (Å²) in [5.41, 5.74) is 1.89. The van der Waals surface area contributed by atoms with E-state index in [2.05, 4.69) is 15.9 Å². The van der Waals surface area contributed by atoms with E-state index in [4.69, 9.17) is 31.5 Å². The Hall–Kier alpha value is -2.62. The van der Waals surface area contributed by atoms with Gasteiger partial charge in [0.1, 0.15) is 18.1 Å². The van der Waals surface area contributed by atoms with Crippen LogP contribution in [-0.2, 0) is 4.79 Å². The molecule has 0 radical (unpaired) electrons. The summed E-state index contributed by atoms with van der Waals surface area (Å²) in [5, 5.41) is 9.45. The highest BCUT2D eigenvalue weighted by molar-refractivity contribution is 9.10. The van der Waals surface area contributed by atoms with Crippen molar-refractivity contribution in [2.24, 2.45) is 0 Å². The zero-order valence-electron chi connectivity index (χ0n) is 18.1. The standard InChI is InChI=1S/C23H25BrN2O5S/c1-4-29-17-8-6-16(7-9-17)26-19(22(28)25(3)23(26)32)12-15-13-20(30-5-2)21(14-18(15)24)31-11-10-27/h6-9,12-14,27H,4-5,10-11H2,1-3H3/b19-12-. The van der Waals surface area contributed by atoms with E-state index in [1.54, 1.807) is 30.2 Å². The number of carbonyl (C=O) groups is 1. The summed E-state index contributed by atoms with van der Waals surface area (Å²) >= 11 is 9.10. The van der Waals surface area contributed by atoms with Crippen LogP contribution in [0.15, 0.2) is 46.6 Å². The van der Waals surface area contributed by atoms with Crippen LogP contribution < -0.4 is 19.1 Å². The van der Waals surface area contributed by atoms with Gasteiger partial charge in [-0.2, -0.15) is 0 Å². The van der Waals surface area contributed by atoms with Gasteiger partial charge in [0.05, 0.1) is 19.8 Å². The molecule has 1 aliphatic heterocycles. The average Bonchev–Trinajstić information content (AvgIpc) is 2.99. The van der Waals surface area contributed by atoms with Crippen molar-refractivity contribution in [2.75, 3.05) is 38.4 Å². The molecule has 170 valence electrons. The van der Waals surface area contributed by atoms with E-state index < -0.39 is 0 Å². The third-order valence-corrected chi connectivity index (χ3v) is 5.80. The first-order valence-electron chi connectivity index (χ1n) is 10.2. The van der Waals surface area contributed by atoms with Crippen molar-refractivity contribution >= 4 is 50.9 Å². The van der Waals surface area contributed by atoms with Crippen LogP contribution in [0.3, 0.4) is 0 Å². The third kappa shape index (κ3) is 5.06. The van der Waals surface area contributed by atoms with E-state index in [1.165, 1.54) is 4.90 Å². The molecule has 1 fully saturated rings. The van der Waals surface area contributed by atoms with Crippen molar-refractivity contribution in [1.82, 2.24) is 4.90 Å². The summed E-state index contributed by atoms with van der Waals surface area (Å²) in [6.45, 7) is 4.85. The number of hydrogen-bond donors (Lipinski definition) is 1. The van der Waals surface area contributed by atoms with Crippen LogP contribution in [0.4, 0.5) is 5.69 Å². The van der Waals surface area contributed by atoms with Gasteiger partial charge < -0.3 is 19.3 Å². The molecule has 32 heavy (non-hydrogen) atoms. The number of thiocarbonyl (C=S) groups is 1. The number of aliphatic hydroxyl groups excluding tert-OH is 1. The maximum absolute atomic E-state index is 13.0. The number of benzene rings is 2. The second-order valence-electron chi connectivity index (χ2n) is 6.76. The van der Waals surface area contributed by atoms with Crippen molar-refractivity contribution in [1.29, 1.82) is 0 Å². The van der Waals surface area contributed by atoms with Gasteiger partial charge >= 0.3 is 0 Å². The van der Waals surface area contributed by atoms with E-state index in [0.29, 0.717) is 40.0 Å². The summed E-state index contributed by atoms with van der Waals surface area (Å²) in [5.74, 6) is 1.55. The topological polar surface area (TPSA) is 71.5 Å². The Bertz CT molecular complexity index is 1030. The largest absolute Gasteiger partial charge is 0.494 e. The average molecular weight is 521 g/mol. The Morgan fingerprint density at radius 2 is 1.72 bits per heavy atom. The molecule has 0 unspecified atom stereocenters. The zero-order chi connectivity index (χ0) is 23.3. The summed E-state index contributed by atoms with van der Waals surface area (Å²) in [4.78, 5) is 16.2. The first-order chi connectivity index (χ1) is 15.4. The maximum Gasteiger partial charge on any atom is 0.276 e.